The summed E-state index contributed by atoms with van der Waals surface area (Å²) in [6.07, 6.45) is 6.03. The molecular weight excluding hydrogens is 400 g/mol. The fourth-order valence-electron chi connectivity index (χ4n) is 3.13. The molecular formula is C20H22Cl2FN5. The van der Waals surface area contributed by atoms with E-state index in [1.807, 2.05) is 30.9 Å². The molecule has 3 aromatic rings. The number of nitrogens with one attached hydrogen (secondary N) is 1. The summed E-state index contributed by atoms with van der Waals surface area (Å²) in [5.74, 6) is -0.183. The van der Waals surface area contributed by atoms with Gasteiger partial charge in [-0.3, -0.25) is 4.68 Å². The Morgan fingerprint density at radius 3 is 2.79 bits per heavy atom. The summed E-state index contributed by atoms with van der Waals surface area (Å²) in [7, 11) is 1.90. The van der Waals surface area contributed by atoms with Gasteiger partial charge >= 0.3 is 0 Å². The lowest BCUT2D eigenvalue weighted by Crippen LogP contribution is -2.14. The van der Waals surface area contributed by atoms with Crippen LogP contribution in [0.1, 0.15) is 24.0 Å². The Morgan fingerprint density at radius 2 is 2.04 bits per heavy atom. The summed E-state index contributed by atoms with van der Waals surface area (Å²) in [6, 6.07) is 4.77. The minimum Gasteiger partial charge on any atom is -0.383 e. The van der Waals surface area contributed by atoms with Crippen LogP contribution in [0.3, 0.4) is 0 Å². The molecule has 0 bridgehead atoms. The van der Waals surface area contributed by atoms with E-state index < -0.39 is 5.82 Å². The number of nitrogens with zero attached hydrogens (tertiary/aromatic N) is 3. The van der Waals surface area contributed by atoms with Crippen molar-refractivity contribution >= 4 is 29.0 Å². The van der Waals surface area contributed by atoms with Crippen molar-refractivity contribution in [1.29, 1.82) is 0 Å². The number of aromatic nitrogens is 3. The molecule has 148 valence electrons. The maximum absolute atomic E-state index is 13.9. The molecule has 0 fully saturated rings. The summed E-state index contributed by atoms with van der Waals surface area (Å²) in [6.45, 7) is 3.55. The number of hydrogen-bond acceptors (Lipinski definition) is 4. The largest absolute Gasteiger partial charge is 0.383 e. The number of nitrogens with two attached hydrogens (primary N) is 1. The predicted octanol–water partition coefficient (Wildman–Crippen LogP) is 4.54. The van der Waals surface area contributed by atoms with Gasteiger partial charge in [0.15, 0.2) is 0 Å². The molecule has 0 amide bonds. The number of rotatable bonds is 7. The SMILES string of the molecule is CNCCn1cc(-c2cnc(N)c(CC(C)c3c(Cl)ccc(F)c3Cl)c2)cn1. The van der Waals surface area contributed by atoms with E-state index in [0.717, 1.165) is 29.8 Å². The van der Waals surface area contributed by atoms with Gasteiger partial charge in [0.1, 0.15) is 11.6 Å². The molecule has 2 heterocycles. The maximum Gasteiger partial charge on any atom is 0.142 e. The summed E-state index contributed by atoms with van der Waals surface area (Å²) in [5.41, 5.74) is 9.40. The fraction of sp³-hybridized carbons (Fsp3) is 0.300. The van der Waals surface area contributed by atoms with E-state index in [4.69, 9.17) is 28.9 Å². The van der Waals surface area contributed by atoms with Crippen molar-refractivity contribution < 1.29 is 4.39 Å². The summed E-state index contributed by atoms with van der Waals surface area (Å²) >= 11 is 12.4. The molecule has 5 nitrogen and oxygen atoms in total. The lowest BCUT2D eigenvalue weighted by molar-refractivity contribution is 0.585. The average molecular weight is 422 g/mol. The number of halogens is 3. The third-order valence-corrected chi connectivity index (χ3v) is 5.37. The molecule has 1 aromatic carbocycles. The molecule has 0 spiro atoms. The topological polar surface area (TPSA) is 68.8 Å². The zero-order valence-corrected chi connectivity index (χ0v) is 17.2. The highest BCUT2D eigenvalue weighted by molar-refractivity contribution is 6.36. The standard InChI is InChI=1S/C20H22Cl2FN5/c1-12(18-16(21)3-4-17(23)19(18)22)7-13-8-14(9-26-20(13)24)15-10-27-28(11-15)6-5-25-2/h3-4,8-12,25H,5-7H2,1-2H3,(H2,24,26). The van der Waals surface area contributed by atoms with Crippen molar-refractivity contribution in [2.24, 2.45) is 0 Å². The third kappa shape index (κ3) is 4.46. The Hall–Kier alpha value is -2.15. The molecule has 1 atom stereocenters. The second-order valence-electron chi connectivity index (χ2n) is 6.73. The van der Waals surface area contributed by atoms with Crippen LogP contribution in [-0.2, 0) is 13.0 Å². The first-order valence-electron chi connectivity index (χ1n) is 8.96. The van der Waals surface area contributed by atoms with Crippen molar-refractivity contribution in [3.05, 3.63) is 63.8 Å². The zero-order valence-electron chi connectivity index (χ0n) is 15.7. The highest BCUT2D eigenvalue weighted by atomic mass is 35.5. The van der Waals surface area contributed by atoms with Gasteiger partial charge in [-0.2, -0.15) is 5.10 Å². The Labute approximate surface area is 173 Å². The van der Waals surface area contributed by atoms with E-state index in [1.165, 1.54) is 12.1 Å². The Kier molecular flexibility index (Phi) is 6.54. The van der Waals surface area contributed by atoms with Crippen LogP contribution in [-0.4, -0.2) is 28.4 Å². The number of anilines is 1. The van der Waals surface area contributed by atoms with Gasteiger partial charge in [0.05, 0.1) is 17.8 Å². The number of pyridine rings is 1. The number of benzene rings is 1. The third-order valence-electron chi connectivity index (χ3n) is 4.66. The molecule has 0 aliphatic carbocycles. The lowest BCUT2D eigenvalue weighted by atomic mass is 9.92. The Bertz CT molecular complexity index is 973. The van der Waals surface area contributed by atoms with E-state index in [2.05, 4.69) is 15.4 Å². The second-order valence-corrected chi connectivity index (χ2v) is 7.51. The summed E-state index contributed by atoms with van der Waals surface area (Å²) in [4.78, 5) is 4.32. The quantitative estimate of drug-likeness (QED) is 0.549. The molecule has 8 heteroatoms. The van der Waals surface area contributed by atoms with E-state index >= 15 is 0 Å². The zero-order chi connectivity index (χ0) is 20.3. The lowest BCUT2D eigenvalue weighted by Gasteiger charge is -2.17. The first-order valence-corrected chi connectivity index (χ1v) is 9.71. The molecule has 28 heavy (non-hydrogen) atoms. The molecule has 2 aromatic heterocycles. The summed E-state index contributed by atoms with van der Waals surface area (Å²) in [5, 5.41) is 7.95. The highest BCUT2D eigenvalue weighted by Gasteiger charge is 2.19. The fourth-order valence-corrected chi connectivity index (χ4v) is 3.87. The van der Waals surface area contributed by atoms with Crippen LogP contribution < -0.4 is 11.1 Å². The van der Waals surface area contributed by atoms with Gasteiger partial charge in [-0.25, -0.2) is 9.37 Å². The van der Waals surface area contributed by atoms with Gasteiger partial charge < -0.3 is 11.1 Å². The maximum atomic E-state index is 13.9. The summed E-state index contributed by atoms with van der Waals surface area (Å²) < 4.78 is 15.7. The first-order chi connectivity index (χ1) is 13.4. The number of likely N-dealkylation sites (N-methyl/N-ethyl adjacent to an activating group) is 1. The minimum absolute atomic E-state index is 0.0495. The van der Waals surface area contributed by atoms with Crippen LogP contribution in [0.4, 0.5) is 10.2 Å². The molecule has 0 aliphatic heterocycles. The van der Waals surface area contributed by atoms with Gasteiger partial charge in [-0.1, -0.05) is 30.1 Å². The van der Waals surface area contributed by atoms with Gasteiger partial charge in [-0.15, -0.1) is 0 Å². The van der Waals surface area contributed by atoms with Crippen LogP contribution in [0.15, 0.2) is 36.8 Å². The Balaban J connectivity index is 1.86. The normalized spacial score (nSPS) is 12.3. The average Bonchev–Trinajstić information content (AvgIpc) is 3.14. The smallest absolute Gasteiger partial charge is 0.142 e. The van der Waals surface area contributed by atoms with Crippen LogP contribution in [0.2, 0.25) is 10.0 Å². The molecule has 0 saturated heterocycles. The van der Waals surface area contributed by atoms with Crippen LogP contribution in [0.5, 0.6) is 0 Å². The molecule has 0 radical (unpaired) electrons. The predicted molar refractivity (Wildman–Crippen MR) is 112 cm³/mol. The molecule has 0 aliphatic rings. The molecule has 3 N–H and O–H groups in total. The number of hydrogen-bond donors (Lipinski definition) is 2. The molecule has 1 unspecified atom stereocenters. The van der Waals surface area contributed by atoms with Gasteiger partial charge in [0.2, 0.25) is 0 Å². The number of nitrogen functional groups attached to an aromatic ring is 1. The van der Waals surface area contributed by atoms with Crippen molar-refractivity contribution in [2.75, 3.05) is 19.3 Å². The molecule has 3 rings (SSSR count). The van der Waals surface area contributed by atoms with E-state index in [0.29, 0.717) is 22.8 Å². The highest BCUT2D eigenvalue weighted by Crippen LogP contribution is 2.36. The van der Waals surface area contributed by atoms with Crippen LogP contribution >= 0.6 is 23.2 Å². The molecule has 0 saturated carbocycles. The van der Waals surface area contributed by atoms with Crippen molar-refractivity contribution in [2.45, 2.75) is 25.8 Å². The van der Waals surface area contributed by atoms with Crippen molar-refractivity contribution in [3.8, 4) is 11.1 Å². The van der Waals surface area contributed by atoms with E-state index in [9.17, 15) is 4.39 Å². The van der Waals surface area contributed by atoms with Crippen molar-refractivity contribution in [3.63, 3.8) is 0 Å². The van der Waals surface area contributed by atoms with Crippen molar-refractivity contribution in [1.82, 2.24) is 20.1 Å². The van der Waals surface area contributed by atoms with Gasteiger partial charge in [0, 0.05) is 35.1 Å². The monoisotopic (exact) mass is 421 g/mol. The van der Waals surface area contributed by atoms with Gasteiger partial charge in [0.25, 0.3) is 0 Å². The first kappa shape index (κ1) is 20.6. The minimum atomic E-state index is -0.484. The second kappa shape index (κ2) is 8.90. The van der Waals surface area contributed by atoms with Crippen LogP contribution in [0.25, 0.3) is 11.1 Å². The Morgan fingerprint density at radius 1 is 1.25 bits per heavy atom. The van der Waals surface area contributed by atoms with E-state index in [1.54, 1.807) is 12.4 Å². The van der Waals surface area contributed by atoms with E-state index in [-0.39, 0.29) is 10.9 Å². The van der Waals surface area contributed by atoms with Crippen LogP contribution in [0, 0.1) is 5.82 Å². The van der Waals surface area contributed by atoms with Gasteiger partial charge in [-0.05, 0) is 48.7 Å².